The van der Waals surface area contributed by atoms with E-state index in [4.69, 9.17) is 10.9 Å². The van der Waals surface area contributed by atoms with Crippen molar-refractivity contribution in [3.63, 3.8) is 0 Å². The highest BCUT2D eigenvalue weighted by Gasteiger charge is 2.24. The van der Waals surface area contributed by atoms with Crippen LogP contribution in [-0.4, -0.2) is 34.0 Å². The maximum Gasteiger partial charge on any atom is 0.288 e. The number of nitrogens with zero attached hydrogens (tertiary/aromatic N) is 4. The van der Waals surface area contributed by atoms with Crippen LogP contribution in [0.2, 0.25) is 0 Å². The maximum absolute atomic E-state index is 10.9. The standard InChI is InChI=1S/C13H19N5O3/c1-2-9-4-3-5-17(8-9)13-11(12(14)16-19)6-10(7-15-13)18(20)21/h6-7,9,19H,2-5,8H2,1H3,(H2,14,16). The van der Waals surface area contributed by atoms with E-state index < -0.39 is 4.92 Å². The predicted octanol–water partition coefficient (Wildman–Crippen LogP) is 1.71. The molecule has 1 saturated heterocycles. The Labute approximate surface area is 122 Å². The van der Waals surface area contributed by atoms with Crippen LogP contribution < -0.4 is 10.6 Å². The van der Waals surface area contributed by atoms with Crippen molar-refractivity contribution in [2.75, 3.05) is 18.0 Å². The number of pyridine rings is 1. The molecule has 21 heavy (non-hydrogen) atoms. The molecule has 8 nitrogen and oxygen atoms in total. The molecule has 3 N–H and O–H groups in total. The average Bonchev–Trinajstić information content (AvgIpc) is 2.53. The SMILES string of the molecule is CCC1CCCN(c2ncc([N+](=O)[O-])cc2C(N)=NO)C1. The molecule has 1 aliphatic heterocycles. The Bertz CT molecular complexity index is 561. The van der Waals surface area contributed by atoms with Crippen LogP contribution in [0, 0.1) is 16.0 Å². The zero-order chi connectivity index (χ0) is 15.4. The topological polar surface area (TPSA) is 118 Å². The zero-order valence-corrected chi connectivity index (χ0v) is 11.9. The Morgan fingerprint density at radius 3 is 3.10 bits per heavy atom. The van der Waals surface area contributed by atoms with E-state index in [1.165, 1.54) is 18.7 Å². The molecule has 0 aromatic carbocycles. The van der Waals surface area contributed by atoms with E-state index in [1.807, 2.05) is 0 Å². The third-order valence-corrected chi connectivity index (χ3v) is 3.84. The molecule has 0 bridgehead atoms. The van der Waals surface area contributed by atoms with Crippen molar-refractivity contribution < 1.29 is 10.1 Å². The number of hydrogen-bond acceptors (Lipinski definition) is 6. The van der Waals surface area contributed by atoms with Gasteiger partial charge in [0.2, 0.25) is 0 Å². The van der Waals surface area contributed by atoms with Crippen LogP contribution in [0.25, 0.3) is 0 Å². The van der Waals surface area contributed by atoms with Gasteiger partial charge in [0, 0.05) is 19.2 Å². The summed E-state index contributed by atoms with van der Waals surface area (Å²) in [7, 11) is 0. The molecule has 0 aliphatic carbocycles. The summed E-state index contributed by atoms with van der Waals surface area (Å²) in [6.07, 6.45) is 4.48. The van der Waals surface area contributed by atoms with Crippen LogP contribution >= 0.6 is 0 Å². The molecule has 0 spiro atoms. The Balaban J connectivity index is 2.40. The van der Waals surface area contributed by atoms with Gasteiger partial charge in [-0.3, -0.25) is 10.1 Å². The van der Waals surface area contributed by atoms with Crippen LogP contribution in [0.4, 0.5) is 11.5 Å². The average molecular weight is 293 g/mol. The highest BCUT2D eigenvalue weighted by Crippen LogP contribution is 2.28. The summed E-state index contributed by atoms with van der Waals surface area (Å²) < 4.78 is 0. The molecule has 8 heteroatoms. The first-order valence-corrected chi connectivity index (χ1v) is 6.94. The summed E-state index contributed by atoms with van der Waals surface area (Å²) in [6, 6.07) is 1.30. The van der Waals surface area contributed by atoms with Crippen LogP contribution in [0.1, 0.15) is 31.7 Å². The lowest BCUT2D eigenvalue weighted by Gasteiger charge is -2.34. The molecule has 114 valence electrons. The van der Waals surface area contributed by atoms with E-state index in [-0.39, 0.29) is 11.5 Å². The second kappa shape index (κ2) is 6.38. The van der Waals surface area contributed by atoms with Gasteiger partial charge in [-0.25, -0.2) is 4.98 Å². The quantitative estimate of drug-likeness (QED) is 0.287. The lowest BCUT2D eigenvalue weighted by Crippen LogP contribution is -2.37. The fourth-order valence-corrected chi connectivity index (χ4v) is 2.63. The van der Waals surface area contributed by atoms with Crippen LogP contribution in [-0.2, 0) is 0 Å². The van der Waals surface area contributed by atoms with Gasteiger partial charge in [-0.05, 0) is 18.8 Å². The van der Waals surface area contributed by atoms with Crippen molar-refractivity contribution in [1.29, 1.82) is 0 Å². The van der Waals surface area contributed by atoms with Gasteiger partial charge in [0.05, 0.1) is 10.5 Å². The van der Waals surface area contributed by atoms with Crippen molar-refractivity contribution in [3.05, 3.63) is 27.9 Å². The molecule has 2 rings (SSSR count). The minimum absolute atomic E-state index is 0.167. The van der Waals surface area contributed by atoms with E-state index in [0.29, 0.717) is 17.3 Å². The Morgan fingerprint density at radius 2 is 2.48 bits per heavy atom. The monoisotopic (exact) mass is 293 g/mol. The van der Waals surface area contributed by atoms with E-state index in [1.54, 1.807) is 0 Å². The highest BCUT2D eigenvalue weighted by atomic mass is 16.6. The number of aromatic nitrogens is 1. The number of rotatable bonds is 4. The number of anilines is 1. The molecule has 1 atom stereocenters. The third-order valence-electron chi connectivity index (χ3n) is 3.84. The van der Waals surface area contributed by atoms with Gasteiger partial charge in [-0.1, -0.05) is 18.5 Å². The van der Waals surface area contributed by atoms with E-state index in [9.17, 15) is 10.1 Å². The fraction of sp³-hybridized carbons (Fsp3) is 0.538. The summed E-state index contributed by atoms with van der Waals surface area (Å²) in [5.74, 6) is 0.935. The molecular weight excluding hydrogens is 274 g/mol. The van der Waals surface area contributed by atoms with Crippen molar-refractivity contribution >= 4 is 17.3 Å². The van der Waals surface area contributed by atoms with E-state index in [2.05, 4.69) is 22.0 Å². The lowest BCUT2D eigenvalue weighted by atomic mass is 9.95. The maximum atomic E-state index is 10.9. The molecule has 1 aliphatic rings. The van der Waals surface area contributed by atoms with Crippen molar-refractivity contribution in [2.45, 2.75) is 26.2 Å². The number of nitro groups is 1. The normalized spacial score (nSPS) is 19.6. The zero-order valence-electron chi connectivity index (χ0n) is 11.9. The largest absolute Gasteiger partial charge is 0.409 e. The van der Waals surface area contributed by atoms with Gasteiger partial charge in [0.1, 0.15) is 12.0 Å². The van der Waals surface area contributed by atoms with Crippen molar-refractivity contribution in [3.8, 4) is 0 Å². The molecule has 0 saturated carbocycles. The third kappa shape index (κ3) is 3.21. The number of hydrogen-bond donors (Lipinski definition) is 2. The molecule has 1 aromatic rings. The molecule has 1 unspecified atom stereocenters. The first-order valence-electron chi connectivity index (χ1n) is 6.94. The van der Waals surface area contributed by atoms with Crippen molar-refractivity contribution in [1.82, 2.24) is 4.98 Å². The van der Waals surface area contributed by atoms with Crippen LogP contribution in [0.5, 0.6) is 0 Å². The summed E-state index contributed by atoms with van der Waals surface area (Å²) in [5, 5.41) is 22.7. The molecule has 0 radical (unpaired) electrons. The minimum Gasteiger partial charge on any atom is -0.409 e. The number of amidine groups is 1. The van der Waals surface area contributed by atoms with Gasteiger partial charge in [-0.15, -0.1) is 0 Å². The molecular formula is C13H19N5O3. The fourth-order valence-electron chi connectivity index (χ4n) is 2.63. The molecule has 1 aromatic heterocycles. The van der Waals surface area contributed by atoms with Gasteiger partial charge in [-0.2, -0.15) is 0 Å². The summed E-state index contributed by atoms with van der Waals surface area (Å²) in [6.45, 7) is 3.78. The first-order chi connectivity index (χ1) is 10.1. The second-order valence-corrected chi connectivity index (χ2v) is 5.17. The number of piperidine rings is 1. The van der Waals surface area contributed by atoms with Gasteiger partial charge in [0.15, 0.2) is 5.84 Å². The van der Waals surface area contributed by atoms with Crippen LogP contribution in [0.15, 0.2) is 17.4 Å². The first kappa shape index (κ1) is 15.0. The number of nitrogens with two attached hydrogens (primary N) is 1. The molecule has 0 amide bonds. The highest BCUT2D eigenvalue weighted by molar-refractivity contribution is 6.02. The predicted molar refractivity (Wildman–Crippen MR) is 78.6 cm³/mol. The van der Waals surface area contributed by atoms with E-state index in [0.717, 1.165) is 25.9 Å². The van der Waals surface area contributed by atoms with E-state index >= 15 is 0 Å². The summed E-state index contributed by atoms with van der Waals surface area (Å²) in [4.78, 5) is 16.5. The molecule has 1 fully saturated rings. The lowest BCUT2D eigenvalue weighted by molar-refractivity contribution is -0.385. The molecule has 2 heterocycles. The smallest absolute Gasteiger partial charge is 0.288 e. The van der Waals surface area contributed by atoms with Gasteiger partial charge < -0.3 is 15.8 Å². The Hall–Kier alpha value is -2.38. The Kier molecular flexibility index (Phi) is 4.56. The van der Waals surface area contributed by atoms with Crippen molar-refractivity contribution in [2.24, 2.45) is 16.8 Å². The summed E-state index contributed by atoms with van der Waals surface area (Å²) in [5.41, 5.74) is 5.77. The number of oxime groups is 1. The van der Waals surface area contributed by atoms with Gasteiger partial charge >= 0.3 is 0 Å². The second-order valence-electron chi connectivity index (χ2n) is 5.17. The Morgan fingerprint density at radius 1 is 1.71 bits per heavy atom. The summed E-state index contributed by atoms with van der Waals surface area (Å²) >= 11 is 0. The van der Waals surface area contributed by atoms with Crippen LogP contribution in [0.3, 0.4) is 0 Å². The van der Waals surface area contributed by atoms with Gasteiger partial charge in [0.25, 0.3) is 5.69 Å². The minimum atomic E-state index is -0.546.